The lowest BCUT2D eigenvalue weighted by atomic mass is 10.0. The number of hydrogen-bond acceptors (Lipinski definition) is 3. The van der Waals surface area contributed by atoms with Crippen LogP contribution in [0, 0.1) is 0 Å². The van der Waals surface area contributed by atoms with Crippen LogP contribution in [0.15, 0.2) is 35.8 Å². The van der Waals surface area contributed by atoms with Gasteiger partial charge in [-0.1, -0.05) is 6.08 Å². The first-order valence-electron chi connectivity index (χ1n) is 7.91. The maximum Gasteiger partial charge on any atom is 0.224 e. The number of benzene rings is 1. The highest BCUT2D eigenvalue weighted by atomic mass is 127. The van der Waals surface area contributed by atoms with Gasteiger partial charge in [0.15, 0.2) is 5.96 Å². The van der Waals surface area contributed by atoms with E-state index >= 15 is 0 Å². The second kappa shape index (κ2) is 10.9. The van der Waals surface area contributed by atoms with Crippen molar-refractivity contribution in [3.05, 3.63) is 36.4 Å². The molecule has 1 amide bonds. The Morgan fingerprint density at radius 1 is 1.42 bits per heavy atom. The van der Waals surface area contributed by atoms with Crippen LogP contribution in [-0.4, -0.2) is 38.1 Å². The van der Waals surface area contributed by atoms with Gasteiger partial charge in [-0.2, -0.15) is 0 Å². The van der Waals surface area contributed by atoms with Crippen molar-refractivity contribution in [2.45, 2.75) is 19.8 Å². The average molecular weight is 444 g/mol. The van der Waals surface area contributed by atoms with Crippen LogP contribution < -0.4 is 20.7 Å². The molecule has 0 atom stereocenters. The number of nitrogens with one attached hydrogen (secondary N) is 3. The third-order valence-electron chi connectivity index (χ3n) is 3.36. The fourth-order valence-electron chi connectivity index (χ4n) is 2.28. The van der Waals surface area contributed by atoms with Gasteiger partial charge in [0.05, 0.1) is 6.54 Å². The Labute approximate surface area is 160 Å². The standard InChI is InChI=1S/C17H24N4O2.HI/c1-3-9-19-17(18-4-2)20-10-11-23-14-6-7-15-13(12-14)5-8-16(22)21-15;/h3,6-7,12H,1,4-5,8-11H2,2H3,(H,21,22)(H2,18,19,20);1H. The summed E-state index contributed by atoms with van der Waals surface area (Å²) in [6.07, 6.45) is 3.07. The van der Waals surface area contributed by atoms with E-state index in [0.29, 0.717) is 26.1 Å². The highest BCUT2D eigenvalue weighted by Crippen LogP contribution is 2.26. The predicted molar refractivity (Wildman–Crippen MR) is 108 cm³/mol. The zero-order valence-electron chi connectivity index (χ0n) is 13.9. The number of guanidine groups is 1. The Hall–Kier alpha value is -1.77. The number of hydrogen-bond donors (Lipinski definition) is 3. The van der Waals surface area contributed by atoms with E-state index < -0.39 is 0 Å². The van der Waals surface area contributed by atoms with Crippen LogP contribution in [0.4, 0.5) is 5.69 Å². The zero-order chi connectivity index (χ0) is 16.5. The Morgan fingerprint density at radius 3 is 3.00 bits per heavy atom. The first-order chi connectivity index (χ1) is 11.2. The molecule has 6 nitrogen and oxygen atoms in total. The first-order valence-corrected chi connectivity index (χ1v) is 7.91. The number of nitrogens with zero attached hydrogens (tertiary/aromatic N) is 1. The van der Waals surface area contributed by atoms with Gasteiger partial charge in [0, 0.05) is 25.2 Å². The molecule has 0 spiro atoms. The lowest BCUT2D eigenvalue weighted by molar-refractivity contribution is -0.116. The molecule has 1 aromatic rings. The van der Waals surface area contributed by atoms with Gasteiger partial charge in [-0.25, -0.2) is 4.99 Å². The molecule has 132 valence electrons. The topological polar surface area (TPSA) is 74.8 Å². The van der Waals surface area contributed by atoms with E-state index in [1.807, 2.05) is 25.1 Å². The molecule has 1 aliphatic rings. The number of anilines is 1. The van der Waals surface area contributed by atoms with Gasteiger partial charge in [-0.05, 0) is 37.1 Å². The van der Waals surface area contributed by atoms with Gasteiger partial charge >= 0.3 is 0 Å². The van der Waals surface area contributed by atoms with Crippen LogP contribution in [0.25, 0.3) is 0 Å². The van der Waals surface area contributed by atoms with Crippen molar-refractivity contribution in [3.8, 4) is 5.75 Å². The zero-order valence-corrected chi connectivity index (χ0v) is 16.3. The summed E-state index contributed by atoms with van der Waals surface area (Å²) < 4.78 is 5.74. The van der Waals surface area contributed by atoms with Gasteiger partial charge < -0.3 is 20.7 Å². The van der Waals surface area contributed by atoms with Gasteiger partial charge in [0.1, 0.15) is 12.4 Å². The van der Waals surface area contributed by atoms with Crippen LogP contribution in [0.1, 0.15) is 18.9 Å². The van der Waals surface area contributed by atoms with Crippen LogP contribution in [0.3, 0.4) is 0 Å². The van der Waals surface area contributed by atoms with E-state index in [1.165, 1.54) is 0 Å². The van der Waals surface area contributed by atoms with Crippen LogP contribution in [0.2, 0.25) is 0 Å². The number of fused-ring (bicyclic) bond motifs is 1. The van der Waals surface area contributed by atoms with E-state index in [1.54, 1.807) is 6.08 Å². The molecule has 0 radical (unpaired) electrons. The van der Waals surface area contributed by atoms with Crippen LogP contribution >= 0.6 is 24.0 Å². The first kappa shape index (κ1) is 20.3. The third kappa shape index (κ3) is 6.38. The molecular formula is C17H25IN4O2. The third-order valence-corrected chi connectivity index (χ3v) is 3.36. The highest BCUT2D eigenvalue weighted by molar-refractivity contribution is 14.0. The molecule has 1 aliphatic heterocycles. The smallest absolute Gasteiger partial charge is 0.224 e. The molecule has 3 N–H and O–H groups in total. The molecular weight excluding hydrogens is 419 g/mol. The fraction of sp³-hybridized carbons (Fsp3) is 0.412. The molecule has 1 heterocycles. The molecule has 7 heteroatoms. The van der Waals surface area contributed by atoms with Crippen LogP contribution in [0.5, 0.6) is 5.75 Å². The summed E-state index contributed by atoms with van der Waals surface area (Å²) >= 11 is 0. The second-order valence-electron chi connectivity index (χ2n) is 5.15. The molecule has 0 bridgehead atoms. The van der Waals surface area contributed by atoms with Gasteiger partial charge in [0.2, 0.25) is 5.91 Å². The van der Waals surface area contributed by atoms with Gasteiger partial charge in [-0.15, -0.1) is 30.6 Å². The maximum absolute atomic E-state index is 11.3. The average Bonchev–Trinajstić information content (AvgIpc) is 2.56. The number of aryl methyl sites for hydroxylation is 1. The summed E-state index contributed by atoms with van der Waals surface area (Å²) in [5.41, 5.74) is 2.00. The monoisotopic (exact) mass is 444 g/mol. The van der Waals surface area contributed by atoms with Gasteiger partial charge in [0.25, 0.3) is 0 Å². The summed E-state index contributed by atoms with van der Waals surface area (Å²) in [6, 6.07) is 5.75. The molecule has 0 fully saturated rings. The van der Waals surface area contributed by atoms with Crippen molar-refractivity contribution in [1.29, 1.82) is 0 Å². The van der Waals surface area contributed by atoms with Crippen LogP contribution in [-0.2, 0) is 11.2 Å². The van der Waals surface area contributed by atoms with Crippen molar-refractivity contribution in [3.63, 3.8) is 0 Å². The maximum atomic E-state index is 11.3. The van der Waals surface area contributed by atoms with Crippen molar-refractivity contribution in [2.24, 2.45) is 4.99 Å². The summed E-state index contributed by atoms with van der Waals surface area (Å²) in [5.74, 6) is 1.63. The molecule has 0 saturated heterocycles. The van der Waals surface area contributed by atoms with E-state index in [4.69, 9.17) is 4.74 Å². The number of amides is 1. The normalized spacial score (nSPS) is 13.2. The van der Waals surface area contributed by atoms with Crippen molar-refractivity contribution < 1.29 is 9.53 Å². The minimum Gasteiger partial charge on any atom is -0.492 e. The Bertz CT molecular complexity index is 590. The van der Waals surface area contributed by atoms with Crippen molar-refractivity contribution in [2.75, 3.05) is 31.6 Å². The summed E-state index contributed by atoms with van der Waals surface area (Å²) in [6.45, 7) is 8.22. The van der Waals surface area contributed by atoms with E-state index in [0.717, 1.165) is 35.9 Å². The number of aliphatic imine (C=N–C) groups is 1. The largest absolute Gasteiger partial charge is 0.492 e. The lowest BCUT2D eigenvalue weighted by Gasteiger charge is -2.17. The minimum atomic E-state index is 0. The van der Waals surface area contributed by atoms with Crippen molar-refractivity contribution in [1.82, 2.24) is 10.6 Å². The van der Waals surface area contributed by atoms with E-state index in [-0.39, 0.29) is 29.9 Å². The lowest BCUT2D eigenvalue weighted by Crippen LogP contribution is -2.37. The summed E-state index contributed by atoms with van der Waals surface area (Å²) in [5, 5.41) is 9.16. The number of rotatable bonds is 7. The molecule has 0 unspecified atom stereocenters. The quantitative estimate of drug-likeness (QED) is 0.199. The molecule has 1 aromatic carbocycles. The Morgan fingerprint density at radius 2 is 2.25 bits per heavy atom. The second-order valence-corrected chi connectivity index (χ2v) is 5.15. The van der Waals surface area contributed by atoms with Gasteiger partial charge in [-0.3, -0.25) is 4.79 Å². The molecule has 0 saturated carbocycles. The number of carbonyl (C=O) groups excluding carboxylic acids is 1. The number of carbonyl (C=O) groups is 1. The number of ether oxygens (including phenoxy) is 1. The highest BCUT2D eigenvalue weighted by Gasteiger charge is 2.14. The summed E-state index contributed by atoms with van der Waals surface area (Å²) in [7, 11) is 0. The Kier molecular flexibility index (Phi) is 9.21. The molecule has 2 rings (SSSR count). The fourth-order valence-corrected chi connectivity index (χ4v) is 2.28. The Balaban J connectivity index is 0.00000288. The molecule has 0 aromatic heterocycles. The van der Waals surface area contributed by atoms with E-state index in [2.05, 4.69) is 27.5 Å². The SMILES string of the molecule is C=CCNC(=NCCOc1ccc2c(c1)CCC(=O)N2)NCC.I. The van der Waals surface area contributed by atoms with E-state index in [9.17, 15) is 4.79 Å². The molecule has 0 aliphatic carbocycles. The number of halogens is 1. The minimum absolute atomic E-state index is 0. The molecule has 24 heavy (non-hydrogen) atoms. The summed E-state index contributed by atoms with van der Waals surface area (Å²) in [4.78, 5) is 15.8. The van der Waals surface area contributed by atoms with Crippen molar-refractivity contribution >= 4 is 41.5 Å². The predicted octanol–water partition coefficient (Wildman–Crippen LogP) is 2.31.